The Morgan fingerprint density at radius 2 is 1.85 bits per heavy atom. The fourth-order valence-corrected chi connectivity index (χ4v) is 11.3. The highest BCUT2D eigenvalue weighted by molar-refractivity contribution is 6.62. The van der Waals surface area contributed by atoms with Gasteiger partial charge < -0.3 is 5.32 Å². The molecule has 0 radical (unpaired) electrons. The Balaban J connectivity index is 1.31. The molecule has 1 aromatic carbocycles. The van der Waals surface area contributed by atoms with Crippen LogP contribution in [0.5, 0.6) is 0 Å². The van der Waals surface area contributed by atoms with Crippen LogP contribution in [0.25, 0.3) is 5.57 Å². The fourth-order valence-electron chi connectivity index (χ4n) is 7.66. The summed E-state index contributed by atoms with van der Waals surface area (Å²) in [4.78, 5) is 2.91. The molecule has 1 aromatic rings. The average molecular weight is 469 g/mol. The SMILES string of the molecule is CC1CNC[C@H](c2ccccc2C2=CC=CC(N3C4C=CC=CC4[SiH](C)C4CCC=CC43)C2)C1. The summed E-state index contributed by atoms with van der Waals surface area (Å²) in [6, 6.07) is 10.9. The van der Waals surface area contributed by atoms with Gasteiger partial charge >= 0.3 is 0 Å². The third kappa shape index (κ3) is 4.06. The predicted octanol–water partition coefficient (Wildman–Crippen LogP) is 6.24. The van der Waals surface area contributed by atoms with Gasteiger partial charge in [0.25, 0.3) is 0 Å². The van der Waals surface area contributed by atoms with Crippen molar-refractivity contribution in [3.05, 3.63) is 90.1 Å². The van der Waals surface area contributed by atoms with Crippen molar-refractivity contribution in [2.24, 2.45) is 5.92 Å². The van der Waals surface area contributed by atoms with Gasteiger partial charge in [-0.2, -0.15) is 0 Å². The molecule has 2 fully saturated rings. The quantitative estimate of drug-likeness (QED) is 0.417. The second-order valence-electron chi connectivity index (χ2n) is 11.4. The molecule has 3 aliphatic carbocycles. The highest BCUT2D eigenvalue weighted by Gasteiger charge is 2.48. The first kappa shape index (κ1) is 22.5. The van der Waals surface area contributed by atoms with Gasteiger partial charge in [-0.15, -0.1) is 0 Å². The summed E-state index contributed by atoms with van der Waals surface area (Å²) in [6.45, 7) is 7.30. The molecule has 6 rings (SSSR count). The molecule has 3 heteroatoms. The van der Waals surface area contributed by atoms with Crippen LogP contribution in [0.15, 0.2) is 78.9 Å². The Kier molecular flexibility index (Phi) is 6.36. The lowest BCUT2D eigenvalue weighted by Gasteiger charge is -2.55. The van der Waals surface area contributed by atoms with E-state index in [4.69, 9.17) is 0 Å². The number of nitrogens with one attached hydrogen (secondary N) is 1. The maximum atomic E-state index is 3.68. The molecular formula is C31H40N2Si. The molecule has 0 bridgehead atoms. The van der Waals surface area contributed by atoms with Crippen molar-refractivity contribution in [3.63, 3.8) is 0 Å². The molecule has 34 heavy (non-hydrogen) atoms. The molecule has 178 valence electrons. The minimum absolute atomic E-state index is 0.469. The van der Waals surface area contributed by atoms with Gasteiger partial charge in [-0.3, -0.25) is 4.90 Å². The molecule has 0 amide bonds. The standard InChI is InChI=1S/C31H40N2Si/c1-22-18-24(21-32-20-22)27-13-4-3-12-26(27)23-10-9-11-25(19-23)33-28-14-5-7-16-30(28)34(2)31-17-8-6-15-29(31)33/h3-7,9-16,22,24-25,28-32,34H,8,17-21H2,1-2H3/t22?,24-,25?,28?,29?,30?,31?,34?/m1/s1. The van der Waals surface area contributed by atoms with Crippen LogP contribution in [0.4, 0.5) is 0 Å². The van der Waals surface area contributed by atoms with E-state index in [0.29, 0.717) is 24.0 Å². The highest BCUT2D eigenvalue weighted by Crippen LogP contribution is 2.48. The molecule has 7 unspecified atom stereocenters. The van der Waals surface area contributed by atoms with Crippen molar-refractivity contribution >= 4 is 14.4 Å². The van der Waals surface area contributed by atoms with Crippen molar-refractivity contribution in [2.45, 2.75) is 74.3 Å². The predicted molar refractivity (Wildman–Crippen MR) is 148 cm³/mol. The monoisotopic (exact) mass is 468 g/mol. The van der Waals surface area contributed by atoms with E-state index in [0.717, 1.165) is 36.5 Å². The molecule has 0 spiro atoms. The first-order valence-electron chi connectivity index (χ1n) is 13.7. The van der Waals surface area contributed by atoms with E-state index in [1.807, 2.05) is 0 Å². The fraction of sp³-hybridized carbons (Fsp3) is 0.484. The minimum atomic E-state index is -0.851. The molecule has 2 saturated heterocycles. The molecule has 0 saturated carbocycles. The van der Waals surface area contributed by atoms with Crippen LogP contribution in [0, 0.1) is 5.92 Å². The maximum Gasteiger partial charge on any atom is 0.0487 e. The van der Waals surface area contributed by atoms with E-state index in [1.165, 1.54) is 30.4 Å². The molecule has 2 nitrogen and oxygen atoms in total. The van der Waals surface area contributed by atoms with Crippen LogP contribution >= 0.6 is 0 Å². The number of piperidine rings is 1. The Morgan fingerprint density at radius 3 is 2.76 bits per heavy atom. The van der Waals surface area contributed by atoms with Crippen molar-refractivity contribution < 1.29 is 0 Å². The third-order valence-corrected chi connectivity index (χ3v) is 13.2. The second kappa shape index (κ2) is 9.60. The lowest BCUT2D eigenvalue weighted by atomic mass is 9.80. The zero-order valence-electron chi connectivity index (χ0n) is 20.8. The van der Waals surface area contributed by atoms with Crippen LogP contribution in [-0.2, 0) is 0 Å². The van der Waals surface area contributed by atoms with Crippen molar-refractivity contribution in [1.82, 2.24) is 10.2 Å². The maximum absolute atomic E-state index is 3.68. The van der Waals surface area contributed by atoms with Crippen LogP contribution in [0.1, 0.15) is 49.7 Å². The van der Waals surface area contributed by atoms with E-state index in [2.05, 4.69) is 103 Å². The Hall–Kier alpha value is -1.94. The molecular weight excluding hydrogens is 428 g/mol. The second-order valence-corrected chi connectivity index (χ2v) is 14.8. The van der Waals surface area contributed by atoms with E-state index >= 15 is 0 Å². The molecule has 0 aromatic heterocycles. The van der Waals surface area contributed by atoms with Crippen molar-refractivity contribution in [2.75, 3.05) is 13.1 Å². The smallest absolute Gasteiger partial charge is 0.0487 e. The number of benzene rings is 1. The molecule has 2 aliphatic heterocycles. The van der Waals surface area contributed by atoms with Crippen LogP contribution in [0.2, 0.25) is 17.6 Å². The Bertz CT molecular complexity index is 1050. The van der Waals surface area contributed by atoms with Gasteiger partial charge in [-0.25, -0.2) is 0 Å². The van der Waals surface area contributed by atoms with Gasteiger partial charge in [-0.1, -0.05) is 92.4 Å². The summed E-state index contributed by atoms with van der Waals surface area (Å²) in [5, 5.41) is 3.68. The van der Waals surface area contributed by atoms with Crippen LogP contribution in [-0.4, -0.2) is 44.9 Å². The normalized spacial score (nSPS) is 39.4. The van der Waals surface area contributed by atoms with Crippen molar-refractivity contribution in [1.29, 1.82) is 0 Å². The number of hydrogen-bond acceptors (Lipinski definition) is 2. The third-order valence-electron chi connectivity index (χ3n) is 9.32. The highest BCUT2D eigenvalue weighted by atomic mass is 28.3. The van der Waals surface area contributed by atoms with E-state index < -0.39 is 8.80 Å². The lowest BCUT2D eigenvalue weighted by molar-refractivity contribution is 0.125. The van der Waals surface area contributed by atoms with E-state index in [9.17, 15) is 0 Å². The van der Waals surface area contributed by atoms with Gasteiger partial charge in [0.15, 0.2) is 0 Å². The lowest BCUT2D eigenvalue weighted by Crippen LogP contribution is -2.60. The number of rotatable bonds is 3. The summed E-state index contributed by atoms with van der Waals surface area (Å²) in [6.07, 6.45) is 27.1. The first-order valence-corrected chi connectivity index (χ1v) is 16.2. The molecule has 1 N–H and O–H groups in total. The Labute approximate surface area is 207 Å². The largest absolute Gasteiger partial charge is 0.316 e. The zero-order valence-corrected chi connectivity index (χ0v) is 22.0. The van der Waals surface area contributed by atoms with Gasteiger partial charge in [-0.05, 0) is 71.8 Å². The van der Waals surface area contributed by atoms with Gasteiger partial charge in [0.05, 0.1) is 0 Å². The topological polar surface area (TPSA) is 15.3 Å². The average Bonchev–Trinajstić information content (AvgIpc) is 2.89. The minimum Gasteiger partial charge on any atom is -0.316 e. The zero-order chi connectivity index (χ0) is 23.1. The number of allylic oxidation sites excluding steroid dienone is 5. The summed E-state index contributed by atoms with van der Waals surface area (Å²) < 4.78 is 0. The summed E-state index contributed by atoms with van der Waals surface area (Å²) in [7, 11) is -0.851. The number of fused-ring (bicyclic) bond motifs is 2. The number of hydrogen-bond donors (Lipinski definition) is 1. The summed E-state index contributed by atoms with van der Waals surface area (Å²) in [5.74, 6) is 1.37. The van der Waals surface area contributed by atoms with Gasteiger partial charge in [0.1, 0.15) is 0 Å². The summed E-state index contributed by atoms with van der Waals surface area (Å²) in [5.41, 5.74) is 6.23. The van der Waals surface area contributed by atoms with Gasteiger partial charge in [0.2, 0.25) is 0 Å². The number of nitrogens with zero attached hydrogens (tertiary/aromatic N) is 1. The van der Waals surface area contributed by atoms with Crippen molar-refractivity contribution in [3.8, 4) is 0 Å². The first-order chi connectivity index (χ1) is 16.7. The molecule has 8 atom stereocenters. The Morgan fingerprint density at radius 1 is 0.971 bits per heavy atom. The van der Waals surface area contributed by atoms with Gasteiger partial charge in [0, 0.05) is 33.5 Å². The summed E-state index contributed by atoms with van der Waals surface area (Å²) >= 11 is 0. The molecule has 5 aliphatic rings. The van der Waals surface area contributed by atoms with Crippen LogP contribution < -0.4 is 5.32 Å². The van der Waals surface area contributed by atoms with E-state index in [1.54, 1.807) is 5.56 Å². The van der Waals surface area contributed by atoms with Crippen LogP contribution in [0.3, 0.4) is 0 Å². The molecule has 2 heterocycles. The van der Waals surface area contributed by atoms with E-state index in [-0.39, 0.29) is 0 Å².